The first-order valence-corrected chi connectivity index (χ1v) is 8.14. The van der Waals surface area contributed by atoms with Crippen LogP contribution in [0.3, 0.4) is 0 Å². The van der Waals surface area contributed by atoms with Gasteiger partial charge in [0, 0.05) is 0 Å². The van der Waals surface area contributed by atoms with Gasteiger partial charge in [-0.3, -0.25) is 20.1 Å². The lowest BCUT2D eigenvalue weighted by molar-refractivity contribution is 0.102. The van der Waals surface area contributed by atoms with E-state index in [1.165, 1.54) is 6.42 Å². The lowest BCUT2D eigenvalue weighted by atomic mass is 10.1. The van der Waals surface area contributed by atoms with Crippen molar-refractivity contribution >= 4 is 22.9 Å². The summed E-state index contributed by atoms with van der Waals surface area (Å²) in [5.41, 5.74) is 4.20. The number of likely N-dealkylation sites (tertiary alicyclic amines) is 1. The summed E-state index contributed by atoms with van der Waals surface area (Å²) in [6.45, 7) is 3.07. The molecule has 124 valence electrons. The normalized spacial score (nSPS) is 18.3. The number of carbonyl (C=O) groups is 1. The minimum Gasteiger partial charge on any atom is -0.324 e. The third-order valence-electron chi connectivity index (χ3n) is 4.66. The molecule has 1 saturated heterocycles. The summed E-state index contributed by atoms with van der Waals surface area (Å²) in [6, 6.07) is 8.03. The van der Waals surface area contributed by atoms with E-state index in [0.717, 1.165) is 35.3 Å². The number of nitrogens with zero attached hydrogens (tertiary/aromatic N) is 3. The van der Waals surface area contributed by atoms with Crippen LogP contribution in [0.25, 0.3) is 11.0 Å². The number of amides is 1. The van der Waals surface area contributed by atoms with E-state index < -0.39 is 0 Å². The van der Waals surface area contributed by atoms with E-state index in [1.807, 2.05) is 31.2 Å². The maximum atomic E-state index is 12.4. The van der Waals surface area contributed by atoms with Crippen LogP contribution in [-0.2, 0) is 0 Å². The van der Waals surface area contributed by atoms with Gasteiger partial charge in [0.15, 0.2) is 5.69 Å². The van der Waals surface area contributed by atoms with Gasteiger partial charge in [-0.25, -0.2) is 4.98 Å². The number of nitrogens with one attached hydrogen (secondary N) is 3. The fourth-order valence-electron chi connectivity index (χ4n) is 3.33. The van der Waals surface area contributed by atoms with E-state index in [0.29, 0.717) is 17.7 Å². The number of para-hydroxylation sites is 1. The van der Waals surface area contributed by atoms with Crippen molar-refractivity contribution in [3.8, 4) is 0 Å². The zero-order chi connectivity index (χ0) is 16.7. The van der Waals surface area contributed by atoms with Crippen molar-refractivity contribution in [2.24, 2.45) is 0 Å². The third kappa shape index (κ3) is 2.56. The Morgan fingerprint density at radius 1 is 1.42 bits per heavy atom. The molecule has 3 aromatic rings. The van der Waals surface area contributed by atoms with E-state index in [-0.39, 0.29) is 5.91 Å². The molecule has 7 heteroatoms. The Morgan fingerprint density at radius 2 is 2.29 bits per heavy atom. The summed E-state index contributed by atoms with van der Waals surface area (Å²) < 4.78 is 0. The van der Waals surface area contributed by atoms with Crippen molar-refractivity contribution in [2.75, 3.05) is 18.9 Å². The number of hydrogen-bond donors (Lipinski definition) is 3. The maximum absolute atomic E-state index is 12.4. The Balaban J connectivity index is 1.53. The second kappa shape index (κ2) is 5.76. The summed E-state index contributed by atoms with van der Waals surface area (Å²) in [6.07, 6.45) is 2.25. The molecule has 0 aliphatic carbocycles. The second-order valence-electron chi connectivity index (χ2n) is 6.36. The summed E-state index contributed by atoms with van der Waals surface area (Å²) in [5, 5.41) is 9.94. The predicted molar refractivity (Wildman–Crippen MR) is 92.0 cm³/mol. The lowest BCUT2D eigenvalue weighted by Gasteiger charge is -2.16. The molecule has 1 atom stereocenters. The fraction of sp³-hybridized carbons (Fsp3) is 0.353. The molecule has 7 nitrogen and oxygen atoms in total. The summed E-state index contributed by atoms with van der Waals surface area (Å²) in [5.74, 6) is 0.168. The second-order valence-corrected chi connectivity index (χ2v) is 6.36. The molecule has 0 bridgehead atoms. The number of imidazole rings is 1. The first kappa shape index (κ1) is 14.9. The molecule has 4 rings (SSSR count). The number of carbonyl (C=O) groups excluding carboxylic acids is 1. The van der Waals surface area contributed by atoms with Crippen LogP contribution in [0.15, 0.2) is 24.3 Å². The smallest absolute Gasteiger partial charge is 0.278 e. The van der Waals surface area contributed by atoms with Crippen molar-refractivity contribution < 1.29 is 4.79 Å². The Hall–Kier alpha value is -2.67. The molecular formula is C17H20N6O. The molecule has 1 aromatic carbocycles. The van der Waals surface area contributed by atoms with Crippen molar-refractivity contribution in [1.82, 2.24) is 25.1 Å². The molecule has 0 saturated carbocycles. The SMILES string of the molecule is Cc1cccc2[nH]c(NC(=O)c3cc(C4CCCN4C)[nH]n3)nc12. The topological polar surface area (TPSA) is 89.7 Å². The molecular weight excluding hydrogens is 304 g/mol. The maximum Gasteiger partial charge on any atom is 0.278 e. The average Bonchev–Trinajstić information content (AvgIpc) is 3.25. The van der Waals surface area contributed by atoms with E-state index >= 15 is 0 Å². The molecule has 1 fully saturated rings. The van der Waals surface area contributed by atoms with E-state index in [1.54, 1.807) is 0 Å². The van der Waals surface area contributed by atoms with Crippen molar-refractivity contribution in [3.05, 3.63) is 41.2 Å². The van der Waals surface area contributed by atoms with E-state index in [9.17, 15) is 4.79 Å². The molecule has 3 heterocycles. The fourth-order valence-corrected chi connectivity index (χ4v) is 3.33. The number of H-pyrrole nitrogens is 2. The number of rotatable bonds is 3. The predicted octanol–water partition coefficient (Wildman–Crippen LogP) is 2.61. The van der Waals surface area contributed by atoms with Crippen LogP contribution < -0.4 is 5.32 Å². The standard InChI is InChI=1S/C17H20N6O/c1-10-5-3-6-11-15(10)19-17(18-11)20-16(24)13-9-12(21-22-13)14-7-4-8-23(14)2/h3,5-6,9,14H,4,7-8H2,1-2H3,(H,21,22)(H2,18,19,20,24). The number of aryl methyl sites for hydroxylation is 1. The number of aromatic nitrogens is 4. The van der Waals surface area contributed by atoms with Crippen LogP contribution in [0, 0.1) is 6.92 Å². The molecule has 3 N–H and O–H groups in total. The van der Waals surface area contributed by atoms with Gasteiger partial charge in [-0.1, -0.05) is 12.1 Å². The summed E-state index contributed by atoms with van der Waals surface area (Å²) in [7, 11) is 2.09. The highest BCUT2D eigenvalue weighted by molar-refractivity contribution is 6.02. The number of hydrogen-bond acceptors (Lipinski definition) is 4. The molecule has 1 amide bonds. The van der Waals surface area contributed by atoms with Crippen LogP contribution in [0.1, 0.15) is 40.6 Å². The molecule has 1 aliphatic heterocycles. The highest BCUT2D eigenvalue weighted by Gasteiger charge is 2.25. The minimum atomic E-state index is -0.269. The van der Waals surface area contributed by atoms with Crippen LogP contribution in [-0.4, -0.2) is 44.6 Å². The van der Waals surface area contributed by atoms with Gasteiger partial charge in [0.1, 0.15) is 0 Å². The minimum absolute atomic E-state index is 0.269. The van der Waals surface area contributed by atoms with E-state index in [2.05, 4.69) is 37.4 Å². The van der Waals surface area contributed by atoms with E-state index in [4.69, 9.17) is 0 Å². The first-order valence-electron chi connectivity index (χ1n) is 8.14. The van der Waals surface area contributed by atoms with Gasteiger partial charge in [-0.05, 0) is 51.1 Å². The molecule has 2 aromatic heterocycles. The molecule has 1 unspecified atom stereocenters. The molecule has 1 aliphatic rings. The van der Waals surface area contributed by atoms with Crippen LogP contribution in [0.4, 0.5) is 5.95 Å². The Bertz CT molecular complexity index is 896. The zero-order valence-electron chi connectivity index (χ0n) is 13.8. The number of aromatic amines is 2. The quantitative estimate of drug-likeness (QED) is 0.691. The van der Waals surface area contributed by atoms with Gasteiger partial charge in [0.2, 0.25) is 5.95 Å². The molecule has 24 heavy (non-hydrogen) atoms. The van der Waals surface area contributed by atoms with Crippen LogP contribution in [0.5, 0.6) is 0 Å². The lowest BCUT2D eigenvalue weighted by Crippen LogP contribution is -2.17. The highest BCUT2D eigenvalue weighted by atomic mass is 16.2. The monoisotopic (exact) mass is 324 g/mol. The Labute approximate surface area is 139 Å². The summed E-state index contributed by atoms with van der Waals surface area (Å²) >= 11 is 0. The first-order chi connectivity index (χ1) is 11.6. The number of fused-ring (bicyclic) bond motifs is 1. The van der Waals surface area contributed by atoms with Crippen molar-refractivity contribution in [3.63, 3.8) is 0 Å². The molecule has 0 radical (unpaired) electrons. The Kier molecular flexibility index (Phi) is 3.57. The van der Waals surface area contributed by atoms with Gasteiger partial charge in [0.25, 0.3) is 5.91 Å². The van der Waals surface area contributed by atoms with Crippen LogP contribution >= 0.6 is 0 Å². The van der Waals surface area contributed by atoms with Gasteiger partial charge in [-0.2, -0.15) is 5.10 Å². The number of anilines is 1. The van der Waals surface area contributed by atoms with Gasteiger partial charge in [-0.15, -0.1) is 0 Å². The average molecular weight is 324 g/mol. The largest absolute Gasteiger partial charge is 0.324 e. The van der Waals surface area contributed by atoms with Gasteiger partial charge < -0.3 is 4.98 Å². The van der Waals surface area contributed by atoms with Gasteiger partial charge in [0.05, 0.1) is 22.8 Å². The summed E-state index contributed by atoms with van der Waals surface area (Å²) in [4.78, 5) is 22.3. The third-order valence-corrected chi connectivity index (χ3v) is 4.66. The van der Waals surface area contributed by atoms with Crippen LogP contribution in [0.2, 0.25) is 0 Å². The molecule has 0 spiro atoms. The van der Waals surface area contributed by atoms with Gasteiger partial charge >= 0.3 is 0 Å². The van der Waals surface area contributed by atoms with Crippen molar-refractivity contribution in [1.29, 1.82) is 0 Å². The highest BCUT2D eigenvalue weighted by Crippen LogP contribution is 2.29. The zero-order valence-corrected chi connectivity index (χ0v) is 13.8. The Morgan fingerprint density at radius 3 is 3.04 bits per heavy atom. The number of benzene rings is 1. The van der Waals surface area contributed by atoms with Crippen molar-refractivity contribution in [2.45, 2.75) is 25.8 Å².